The number of fused-ring (bicyclic) bond motifs is 1. The lowest BCUT2D eigenvalue weighted by Gasteiger charge is -2.48. The van der Waals surface area contributed by atoms with Gasteiger partial charge in [0.1, 0.15) is 29.5 Å². The van der Waals surface area contributed by atoms with Crippen molar-refractivity contribution < 1.29 is 49.0 Å². The summed E-state index contributed by atoms with van der Waals surface area (Å²) in [4.78, 5) is 35.2. The zero-order valence-corrected chi connectivity index (χ0v) is 17.0. The van der Waals surface area contributed by atoms with Gasteiger partial charge in [-0.2, -0.15) is 0 Å². The fraction of sp³-hybridized carbons (Fsp3) is 0.476. The number of carboxylic acids is 1. The van der Waals surface area contributed by atoms with Crippen molar-refractivity contribution in [2.24, 2.45) is 0 Å². The number of benzene rings is 1. The fourth-order valence-corrected chi connectivity index (χ4v) is 3.63. The first-order chi connectivity index (χ1) is 14.9. The standard InChI is InChI=1S/C20H23NO11.CH4/c1-8-5-14(24)30-13-6-10(3-4-11(8)13)31-20(19(28)29)7-12(23)15(21-9(2)22)17(32-20)16(25)18(26)27;/h3-6,12,15-18,23,25-27H,7H2,1-2H3,(H,21,22)(H,28,29);1H4/p-1/t12-,15-,16+,17?,20-;/m1./s1. The summed E-state index contributed by atoms with van der Waals surface area (Å²) in [7, 11) is 0. The zero-order valence-electron chi connectivity index (χ0n) is 17.0. The molecule has 1 aliphatic heterocycles. The average molecular weight is 468 g/mol. The van der Waals surface area contributed by atoms with Gasteiger partial charge in [0.05, 0.1) is 12.1 Å². The number of carbonyl (C=O) groups excluding carboxylic acids is 2. The van der Waals surface area contributed by atoms with Crippen molar-refractivity contribution in [1.82, 2.24) is 5.32 Å². The molecule has 0 radical (unpaired) electrons. The second-order valence-corrected chi connectivity index (χ2v) is 7.53. The van der Waals surface area contributed by atoms with E-state index in [1.54, 1.807) is 6.92 Å². The van der Waals surface area contributed by atoms with Crippen LogP contribution < -0.4 is 20.8 Å². The number of amides is 1. The van der Waals surface area contributed by atoms with Gasteiger partial charge in [-0.05, 0) is 24.6 Å². The second kappa shape index (κ2) is 9.85. The van der Waals surface area contributed by atoms with Crippen LogP contribution in [0.15, 0.2) is 33.5 Å². The molecule has 1 aliphatic rings. The average Bonchev–Trinajstić information content (AvgIpc) is 2.68. The summed E-state index contributed by atoms with van der Waals surface area (Å²) >= 11 is 0. The highest BCUT2D eigenvalue weighted by Crippen LogP contribution is 2.35. The van der Waals surface area contributed by atoms with E-state index in [1.165, 1.54) is 24.3 Å². The van der Waals surface area contributed by atoms with E-state index in [0.717, 1.165) is 6.92 Å². The Hall–Kier alpha value is -3.03. The Morgan fingerprint density at radius 1 is 1.27 bits per heavy atom. The number of hydrogen-bond donors (Lipinski definition) is 5. The predicted octanol–water partition coefficient (Wildman–Crippen LogP) is -2.11. The van der Waals surface area contributed by atoms with Crippen molar-refractivity contribution in [2.75, 3.05) is 0 Å². The summed E-state index contributed by atoms with van der Waals surface area (Å²) in [5.41, 5.74) is 0.0697. The highest BCUT2D eigenvalue weighted by atomic mass is 16.7. The van der Waals surface area contributed by atoms with E-state index in [0.29, 0.717) is 10.9 Å². The van der Waals surface area contributed by atoms with Crippen molar-refractivity contribution in [1.29, 1.82) is 0 Å². The molecule has 0 bridgehead atoms. The van der Waals surface area contributed by atoms with E-state index in [9.17, 15) is 39.9 Å². The van der Waals surface area contributed by atoms with Crippen molar-refractivity contribution in [3.8, 4) is 5.75 Å². The predicted molar refractivity (Wildman–Crippen MR) is 110 cm³/mol. The molecule has 33 heavy (non-hydrogen) atoms. The SMILES string of the molecule is C.CC(=O)N[C@H]1C([C@H](O)C(O)O)O[C@@](Oc2ccc3c(C)cc(=O)oc3c2)(C(=O)[O-])C[C@H]1O. The molecular weight excluding hydrogens is 442 g/mol. The van der Waals surface area contributed by atoms with Crippen LogP contribution in [0.2, 0.25) is 0 Å². The third-order valence-corrected chi connectivity index (χ3v) is 5.10. The minimum Gasteiger partial charge on any atom is -0.543 e. The Labute approximate surface area is 188 Å². The Morgan fingerprint density at radius 3 is 2.52 bits per heavy atom. The van der Waals surface area contributed by atoms with Crippen LogP contribution in [-0.2, 0) is 14.3 Å². The zero-order chi connectivity index (χ0) is 23.8. The van der Waals surface area contributed by atoms with E-state index in [-0.39, 0.29) is 18.8 Å². The van der Waals surface area contributed by atoms with Crippen molar-refractivity contribution >= 4 is 22.8 Å². The number of aliphatic hydroxyl groups excluding tert-OH is 3. The van der Waals surface area contributed by atoms with Crippen LogP contribution in [0, 0.1) is 6.92 Å². The van der Waals surface area contributed by atoms with Crippen LogP contribution in [-0.4, -0.2) is 68.7 Å². The third kappa shape index (κ3) is 5.31. The van der Waals surface area contributed by atoms with Crippen LogP contribution in [0.5, 0.6) is 5.75 Å². The summed E-state index contributed by atoms with van der Waals surface area (Å²) in [6.07, 6.45) is -8.72. The van der Waals surface area contributed by atoms with Gasteiger partial charge in [0.25, 0.3) is 5.79 Å². The maximum atomic E-state index is 12.0. The first-order valence-corrected chi connectivity index (χ1v) is 9.55. The highest BCUT2D eigenvalue weighted by Gasteiger charge is 2.53. The van der Waals surface area contributed by atoms with E-state index < -0.39 is 60.4 Å². The normalized spacial score (nSPS) is 25.8. The van der Waals surface area contributed by atoms with Crippen molar-refractivity contribution in [3.63, 3.8) is 0 Å². The van der Waals surface area contributed by atoms with Crippen LogP contribution in [0.4, 0.5) is 0 Å². The minimum absolute atomic E-state index is 0. The Kier molecular flexibility index (Phi) is 7.83. The Bertz CT molecular complexity index is 1080. The smallest absolute Gasteiger partial charge is 0.336 e. The lowest BCUT2D eigenvalue weighted by molar-refractivity contribution is -0.369. The van der Waals surface area contributed by atoms with Gasteiger partial charge in [0, 0.05) is 30.9 Å². The molecule has 0 aliphatic carbocycles. The fourth-order valence-electron chi connectivity index (χ4n) is 3.63. The molecule has 2 aromatic rings. The number of carbonyl (C=O) groups is 2. The van der Waals surface area contributed by atoms with Crippen LogP contribution >= 0.6 is 0 Å². The molecule has 12 nitrogen and oxygen atoms in total. The number of aliphatic hydroxyl groups is 4. The van der Waals surface area contributed by atoms with Crippen LogP contribution in [0.25, 0.3) is 11.0 Å². The molecule has 0 spiro atoms. The lowest BCUT2D eigenvalue weighted by Crippen LogP contribution is -2.70. The first-order valence-electron chi connectivity index (χ1n) is 9.55. The quantitative estimate of drug-likeness (QED) is 0.230. The monoisotopic (exact) mass is 468 g/mol. The summed E-state index contributed by atoms with van der Waals surface area (Å²) in [5, 5.41) is 54.3. The molecular formula is C21H26NO11-. The van der Waals surface area contributed by atoms with E-state index >= 15 is 0 Å². The molecule has 5 N–H and O–H groups in total. The number of carboxylic acid groups (broad SMARTS) is 1. The molecule has 1 unspecified atom stereocenters. The maximum absolute atomic E-state index is 12.0. The van der Waals surface area contributed by atoms with Crippen molar-refractivity contribution in [3.05, 3.63) is 40.2 Å². The van der Waals surface area contributed by atoms with Gasteiger partial charge in [-0.25, -0.2) is 4.79 Å². The molecule has 1 saturated heterocycles. The van der Waals surface area contributed by atoms with Gasteiger partial charge in [-0.15, -0.1) is 0 Å². The van der Waals surface area contributed by atoms with Crippen LogP contribution in [0.1, 0.15) is 26.3 Å². The third-order valence-electron chi connectivity index (χ3n) is 5.10. The molecule has 182 valence electrons. The Balaban J connectivity index is 0.00000385. The molecule has 1 aromatic carbocycles. The number of rotatable bonds is 6. The van der Waals surface area contributed by atoms with Crippen molar-refractivity contribution in [2.45, 2.75) is 64.1 Å². The van der Waals surface area contributed by atoms with Gasteiger partial charge in [-0.1, -0.05) is 7.43 Å². The molecule has 2 heterocycles. The van der Waals surface area contributed by atoms with E-state index in [1.807, 2.05) is 0 Å². The molecule has 5 atom stereocenters. The van der Waals surface area contributed by atoms with Gasteiger partial charge in [0.15, 0.2) is 6.29 Å². The van der Waals surface area contributed by atoms with Gasteiger partial charge in [0.2, 0.25) is 5.91 Å². The summed E-state index contributed by atoms with van der Waals surface area (Å²) < 4.78 is 16.0. The summed E-state index contributed by atoms with van der Waals surface area (Å²) in [6, 6.07) is 3.99. The highest BCUT2D eigenvalue weighted by molar-refractivity contribution is 5.81. The molecule has 3 rings (SSSR count). The molecule has 0 saturated carbocycles. The van der Waals surface area contributed by atoms with Gasteiger partial charge in [-0.3, -0.25) is 4.79 Å². The van der Waals surface area contributed by atoms with E-state index in [2.05, 4.69) is 5.32 Å². The molecule has 12 heteroatoms. The van der Waals surface area contributed by atoms with Crippen LogP contribution in [0.3, 0.4) is 0 Å². The lowest BCUT2D eigenvalue weighted by atomic mass is 9.89. The summed E-state index contributed by atoms with van der Waals surface area (Å²) in [5.74, 6) is -5.41. The Morgan fingerprint density at radius 2 is 1.94 bits per heavy atom. The topological polar surface area (TPSA) is 199 Å². The van der Waals surface area contributed by atoms with E-state index in [4.69, 9.17) is 13.9 Å². The number of hydrogen-bond acceptors (Lipinski definition) is 11. The molecule has 1 aromatic heterocycles. The number of aliphatic carboxylic acids is 1. The molecule has 1 fully saturated rings. The number of aryl methyl sites for hydroxylation is 1. The van der Waals surface area contributed by atoms with Gasteiger partial charge >= 0.3 is 5.63 Å². The first kappa shape index (κ1) is 26.2. The second-order valence-electron chi connectivity index (χ2n) is 7.53. The minimum atomic E-state index is -2.69. The number of ether oxygens (including phenoxy) is 2. The maximum Gasteiger partial charge on any atom is 0.336 e. The largest absolute Gasteiger partial charge is 0.543 e. The molecule has 1 amide bonds. The number of nitrogens with one attached hydrogen (secondary N) is 1. The van der Waals surface area contributed by atoms with Gasteiger partial charge < -0.3 is 49.5 Å². The summed E-state index contributed by atoms with van der Waals surface area (Å²) in [6.45, 7) is 2.78.